The third kappa shape index (κ3) is 6.94. The lowest BCUT2D eigenvalue weighted by Gasteiger charge is -2.35. The lowest BCUT2D eigenvalue weighted by Crippen LogP contribution is -2.49. The van der Waals surface area contributed by atoms with Gasteiger partial charge in [-0.3, -0.25) is 4.79 Å². The van der Waals surface area contributed by atoms with Crippen LogP contribution in [0, 0.1) is 11.2 Å². The predicted molar refractivity (Wildman–Crippen MR) is 153 cm³/mol. The van der Waals surface area contributed by atoms with E-state index in [0.717, 1.165) is 12.1 Å². The fraction of sp³-hybridized carbons (Fsp3) is 0.333. The van der Waals surface area contributed by atoms with Gasteiger partial charge in [0.1, 0.15) is 5.82 Å². The fourth-order valence-electron chi connectivity index (χ4n) is 4.37. The zero-order valence-corrected chi connectivity index (χ0v) is 23.4. The van der Waals surface area contributed by atoms with Crippen molar-refractivity contribution in [3.05, 3.63) is 84.1 Å². The van der Waals surface area contributed by atoms with E-state index in [0.29, 0.717) is 47.5 Å². The van der Waals surface area contributed by atoms with Gasteiger partial charge in [-0.25, -0.2) is 19.3 Å². The molecule has 2 aromatic heterocycles. The maximum atomic E-state index is 13.7. The number of rotatable bonds is 10. The van der Waals surface area contributed by atoms with Crippen LogP contribution in [0.15, 0.2) is 66.9 Å². The van der Waals surface area contributed by atoms with Gasteiger partial charge in [-0.2, -0.15) is 0 Å². The number of imidazole rings is 1. The molecule has 0 bridgehead atoms. The molecule has 10 nitrogen and oxygen atoms in total. The molecular formula is C30H34FN7O3. The molecular weight excluding hydrogens is 525 g/mol. The molecule has 0 atom stereocenters. The summed E-state index contributed by atoms with van der Waals surface area (Å²) >= 11 is 0. The average Bonchev–Trinajstić information content (AvgIpc) is 3.43. The summed E-state index contributed by atoms with van der Waals surface area (Å²) in [4.78, 5) is 32.0. The Labute approximate surface area is 238 Å². The molecule has 3 heterocycles. The first-order valence-corrected chi connectivity index (χ1v) is 13.4. The number of ether oxygens (including phenoxy) is 2. The van der Waals surface area contributed by atoms with Gasteiger partial charge in [0, 0.05) is 31.4 Å². The number of amides is 1. The highest BCUT2D eigenvalue weighted by Crippen LogP contribution is 2.35. The molecule has 41 heavy (non-hydrogen) atoms. The fourth-order valence-corrected chi connectivity index (χ4v) is 4.37. The molecule has 0 radical (unpaired) electrons. The van der Waals surface area contributed by atoms with E-state index in [1.165, 1.54) is 12.1 Å². The van der Waals surface area contributed by atoms with E-state index in [-0.39, 0.29) is 24.9 Å². The molecule has 214 valence electrons. The third-order valence-corrected chi connectivity index (χ3v) is 6.77. The quantitative estimate of drug-likeness (QED) is 0.267. The Morgan fingerprint density at radius 3 is 2.51 bits per heavy atom. The Bertz CT molecular complexity index is 1450. The van der Waals surface area contributed by atoms with Crippen molar-refractivity contribution in [2.75, 3.05) is 45.7 Å². The summed E-state index contributed by atoms with van der Waals surface area (Å²) in [5, 5.41) is 6.20. The molecule has 0 aliphatic carbocycles. The summed E-state index contributed by atoms with van der Waals surface area (Å²) in [5.74, 6) is 0.407. The van der Waals surface area contributed by atoms with Crippen LogP contribution in [-0.4, -0.2) is 71.1 Å². The zero-order valence-electron chi connectivity index (χ0n) is 23.4. The smallest absolute Gasteiger partial charge is 0.230 e. The van der Waals surface area contributed by atoms with E-state index in [2.05, 4.69) is 20.6 Å². The second kappa shape index (κ2) is 12.5. The first-order chi connectivity index (χ1) is 19.8. The number of aromatic nitrogens is 4. The van der Waals surface area contributed by atoms with Gasteiger partial charge in [0.2, 0.25) is 18.1 Å². The van der Waals surface area contributed by atoms with Gasteiger partial charge >= 0.3 is 0 Å². The van der Waals surface area contributed by atoms with Crippen molar-refractivity contribution in [3.8, 4) is 22.6 Å². The van der Waals surface area contributed by atoms with Crippen molar-refractivity contribution in [3.63, 3.8) is 0 Å². The summed E-state index contributed by atoms with van der Waals surface area (Å²) in [6.07, 6.45) is 0.849. The first-order valence-electron chi connectivity index (χ1n) is 13.4. The van der Waals surface area contributed by atoms with Crippen molar-refractivity contribution in [1.82, 2.24) is 30.2 Å². The van der Waals surface area contributed by atoms with Crippen LogP contribution in [0.1, 0.15) is 24.6 Å². The van der Waals surface area contributed by atoms with Gasteiger partial charge in [0.15, 0.2) is 5.82 Å². The van der Waals surface area contributed by atoms with Crippen LogP contribution in [0.2, 0.25) is 0 Å². The van der Waals surface area contributed by atoms with Crippen LogP contribution >= 0.6 is 0 Å². The molecule has 1 fully saturated rings. The maximum Gasteiger partial charge on any atom is 0.230 e. The van der Waals surface area contributed by atoms with Crippen LogP contribution in [-0.2, 0) is 20.8 Å². The summed E-state index contributed by atoms with van der Waals surface area (Å²) in [6.45, 7) is 3.97. The number of benzene rings is 2. The molecule has 4 aromatic rings. The van der Waals surface area contributed by atoms with Crippen LogP contribution in [0.4, 0.5) is 10.3 Å². The highest BCUT2D eigenvalue weighted by Gasteiger charge is 2.40. The van der Waals surface area contributed by atoms with Crippen molar-refractivity contribution < 1.29 is 18.7 Å². The van der Waals surface area contributed by atoms with Gasteiger partial charge in [-0.05, 0) is 56.9 Å². The Kier molecular flexibility index (Phi) is 8.67. The molecule has 1 aliphatic rings. The van der Waals surface area contributed by atoms with Crippen LogP contribution in [0.5, 0.6) is 0 Å². The molecule has 0 unspecified atom stereocenters. The molecule has 5 rings (SSSR count). The SMILES string of the molecule is CN(C)CCNC(=O)C1(C)COC(c2nc(-c3ccc(F)cc3)c(-c3ccnc(NCc4ccccc4)n3)[nH]2)OC1. The van der Waals surface area contributed by atoms with E-state index in [4.69, 9.17) is 19.4 Å². The third-order valence-electron chi connectivity index (χ3n) is 6.77. The minimum absolute atomic E-state index is 0.124. The van der Waals surface area contributed by atoms with Gasteiger partial charge in [0.25, 0.3) is 0 Å². The summed E-state index contributed by atoms with van der Waals surface area (Å²) in [5.41, 5.74) is 2.73. The van der Waals surface area contributed by atoms with E-state index in [1.54, 1.807) is 24.4 Å². The summed E-state index contributed by atoms with van der Waals surface area (Å²) in [6, 6.07) is 17.8. The molecule has 0 saturated carbocycles. The minimum Gasteiger partial charge on any atom is -0.354 e. The number of nitrogens with one attached hydrogen (secondary N) is 3. The molecule has 1 saturated heterocycles. The number of halogens is 1. The molecule has 1 amide bonds. The number of H-pyrrole nitrogens is 1. The standard InChI is InChI=1S/C30H34FN7O3/c1-30(28(39)32-15-16-38(2)3)18-40-27(41-19-30)26-36-24(21-9-11-22(31)12-10-21)25(37-26)23-13-14-33-29(35-23)34-17-20-7-5-4-6-8-20/h4-14,27H,15-19H2,1-3H3,(H,32,39)(H,36,37)(H,33,34,35). The molecule has 0 spiro atoms. The highest BCUT2D eigenvalue weighted by molar-refractivity contribution is 5.82. The number of aromatic amines is 1. The Morgan fingerprint density at radius 1 is 1.07 bits per heavy atom. The second-order valence-electron chi connectivity index (χ2n) is 10.5. The first kappa shape index (κ1) is 28.3. The maximum absolute atomic E-state index is 13.7. The summed E-state index contributed by atoms with van der Waals surface area (Å²) < 4.78 is 25.7. The topological polar surface area (TPSA) is 117 Å². The number of likely N-dealkylation sites (N-methyl/N-ethyl adjacent to an activating group) is 1. The zero-order chi connectivity index (χ0) is 28.8. The molecule has 3 N–H and O–H groups in total. The van der Waals surface area contributed by atoms with Gasteiger partial charge in [0.05, 0.1) is 35.7 Å². The van der Waals surface area contributed by atoms with E-state index < -0.39 is 11.7 Å². The number of anilines is 1. The van der Waals surface area contributed by atoms with Gasteiger partial charge < -0.3 is 30.0 Å². The predicted octanol–water partition coefficient (Wildman–Crippen LogP) is 4.01. The Hall–Kier alpha value is -4.19. The lowest BCUT2D eigenvalue weighted by molar-refractivity contribution is -0.231. The van der Waals surface area contributed by atoms with Crippen molar-refractivity contribution in [2.45, 2.75) is 19.8 Å². The van der Waals surface area contributed by atoms with E-state index in [1.807, 2.05) is 56.3 Å². The van der Waals surface area contributed by atoms with E-state index >= 15 is 0 Å². The molecule has 11 heteroatoms. The van der Waals surface area contributed by atoms with Crippen LogP contribution in [0.25, 0.3) is 22.6 Å². The summed E-state index contributed by atoms with van der Waals surface area (Å²) in [7, 11) is 3.90. The van der Waals surface area contributed by atoms with Crippen molar-refractivity contribution in [1.29, 1.82) is 0 Å². The van der Waals surface area contributed by atoms with Gasteiger partial charge in [-0.15, -0.1) is 0 Å². The highest BCUT2D eigenvalue weighted by atomic mass is 19.1. The lowest BCUT2D eigenvalue weighted by atomic mass is 9.91. The minimum atomic E-state index is -0.829. The number of nitrogens with zero attached hydrogens (tertiary/aromatic N) is 4. The van der Waals surface area contributed by atoms with Crippen molar-refractivity contribution in [2.24, 2.45) is 5.41 Å². The van der Waals surface area contributed by atoms with Crippen LogP contribution in [0.3, 0.4) is 0 Å². The van der Waals surface area contributed by atoms with Crippen LogP contribution < -0.4 is 10.6 Å². The number of carbonyl (C=O) groups excluding carboxylic acids is 1. The normalized spacial score (nSPS) is 18.8. The van der Waals surface area contributed by atoms with Crippen molar-refractivity contribution >= 4 is 11.9 Å². The van der Waals surface area contributed by atoms with Gasteiger partial charge in [-0.1, -0.05) is 30.3 Å². The largest absolute Gasteiger partial charge is 0.354 e. The molecule has 2 aromatic carbocycles. The number of hydrogen-bond donors (Lipinski definition) is 3. The molecule has 1 aliphatic heterocycles. The average molecular weight is 560 g/mol. The number of hydrogen-bond acceptors (Lipinski definition) is 8. The Morgan fingerprint density at radius 2 is 1.80 bits per heavy atom. The monoisotopic (exact) mass is 559 g/mol. The second-order valence-corrected chi connectivity index (χ2v) is 10.5. The Balaban J connectivity index is 1.36. The van der Waals surface area contributed by atoms with E-state index in [9.17, 15) is 9.18 Å². The number of carbonyl (C=O) groups is 1.